The molecule has 5 rings (SSSR count). The molecule has 3 N–H and O–H groups in total. The van der Waals surface area contributed by atoms with Crippen molar-refractivity contribution in [2.24, 2.45) is 0 Å². The van der Waals surface area contributed by atoms with Gasteiger partial charge in [-0.2, -0.15) is 0 Å². The Labute approximate surface area is 204 Å². The van der Waals surface area contributed by atoms with Crippen molar-refractivity contribution in [3.05, 3.63) is 77.1 Å². The number of hydrogen-bond acceptors (Lipinski definition) is 6. The number of fused-ring (bicyclic) bond motifs is 3. The molecule has 0 aliphatic carbocycles. The molecule has 3 heterocycles. The highest BCUT2D eigenvalue weighted by molar-refractivity contribution is 6.36. The third kappa shape index (κ3) is 3.76. The lowest BCUT2D eigenvalue weighted by Crippen LogP contribution is -2.53. The molecular weight excluding hydrogens is 456 g/mol. The molecule has 0 saturated heterocycles. The van der Waals surface area contributed by atoms with Gasteiger partial charge in [0.1, 0.15) is 22.7 Å². The number of aromatic nitrogens is 2. The van der Waals surface area contributed by atoms with E-state index in [2.05, 4.69) is 20.6 Å². The lowest BCUT2D eigenvalue weighted by atomic mass is 9.96. The molecule has 1 aliphatic rings. The predicted molar refractivity (Wildman–Crippen MR) is 130 cm³/mol. The number of nitrogens with one attached hydrogen (secondary N) is 3. The molecule has 1 atom stereocenters. The number of rotatable bonds is 6. The normalized spacial score (nSPS) is 18.8. The summed E-state index contributed by atoms with van der Waals surface area (Å²) in [5, 5.41) is 6.41. The molecular formula is C25H21ClN4O4. The number of methoxy groups -OCH3 is 1. The number of benzene rings is 2. The number of carbonyl (C=O) groups is 2. The standard InChI is InChI=1S/C25H21ClN4O4/c1-25(13-33-2)24(32)29-19-12-28-23-20(21(19)30-25)17(11-27-23)22(31)16-9-8-15(10-18(16)26)34-14-6-4-3-5-7-14/h3-12,30H,13H2,1-2H3,(H,27,28)(H,29,32)/t25-/m0/s1/i2D3. The number of ketones is 1. The van der Waals surface area contributed by atoms with Crippen molar-refractivity contribution in [3.8, 4) is 11.5 Å². The van der Waals surface area contributed by atoms with E-state index < -0.39 is 25.1 Å². The number of para-hydroxylation sites is 1. The first-order valence-electron chi connectivity index (χ1n) is 11.8. The lowest BCUT2D eigenvalue weighted by molar-refractivity contribution is -0.121. The van der Waals surface area contributed by atoms with Gasteiger partial charge in [-0.15, -0.1) is 0 Å². The van der Waals surface area contributed by atoms with Crippen LogP contribution in [0.2, 0.25) is 5.02 Å². The Morgan fingerprint density at radius 1 is 1.18 bits per heavy atom. The van der Waals surface area contributed by atoms with Gasteiger partial charge in [-0.05, 0) is 31.2 Å². The zero-order valence-corrected chi connectivity index (χ0v) is 18.7. The molecule has 172 valence electrons. The Morgan fingerprint density at radius 3 is 2.76 bits per heavy atom. The number of halogens is 1. The fourth-order valence-electron chi connectivity index (χ4n) is 3.85. The van der Waals surface area contributed by atoms with E-state index in [1.54, 1.807) is 30.3 Å². The highest BCUT2D eigenvalue weighted by Gasteiger charge is 2.39. The molecule has 9 heteroatoms. The van der Waals surface area contributed by atoms with Crippen LogP contribution >= 0.6 is 11.6 Å². The molecule has 4 aromatic rings. The maximum absolute atomic E-state index is 13.6. The molecule has 0 bridgehead atoms. The average molecular weight is 480 g/mol. The highest BCUT2D eigenvalue weighted by Crippen LogP contribution is 2.39. The van der Waals surface area contributed by atoms with Gasteiger partial charge in [-0.25, -0.2) is 4.98 Å². The smallest absolute Gasteiger partial charge is 0.252 e. The summed E-state index contributed by atoms with van der Waals surface area (Å²) in [7, 11) is -2.68. The van der Waals surface area contributed by atoms with Gasteiger partial charge in [0.15, 0.2) is 5.78 Å². The number of aromatic amines is 1. The van der Waals surface area contributed by atoms with E-state index in [4.69, 9.17) is 25.2 Å². The van der Waals surface area contributed by atoms with E-state index in [1.807, 2.05) is 18.2 Å². The summed E-state index contributed by atoms with van der Waals surface area (Å²) in [4.78, 5) is 33.6. The van der Waals surface area contributed by atoms with Crippen LogP contribution in [0, 0.1) is 0 Å². The van der Waals surface area contributed by atoms with Crippen LogP contribution in [0.5, 0.6) is 11.5 Å². The van der Waals surface area contributed by atoms with Crippen LogP contribution in [-0.4, -0.2) is 40.8 Å². The van der Waals surface area contributed by atoms with Gasteiger partial charge >= 0.3 is 0 Å². The van der Waals surface area contributed by atoms with E-state index in [1.165, 1.54) is 19.3 Å². The largest absolute Gasteiger partial charge is 0.457 e. The van der Waals surface area contributed by atoms with Crippen molar-refractivity contribution in [3.63, 3.8) is 0 Å². The number of nitrogens with zero attached hydrogens (tertiary/aromatic N) is 1. The van der Waals surface area contributed by atoms with E-state index >= 15 is 0 Å². The van der Waals surface area contributed by atoms with Crippen LogP contribution in [0.4, 0.5) is 11.4 Å². The second-order valence-corrected chi connectivity index (χ2v) is 8.47. The molecule has 2 aromatic heterocycles. The van der Waals surface area contributed by atoms with Crippen LogP contribution in [0.1, 0.15) is 27.0 Å². The van der Waals surface area contributed by atoms with Crippen molar-refractivity contribution in [2.45, 2.75) is 12.5 Å². The molecule has 0 saturated carbocycles. The second kappa shape index (κ2) is 8.48. The van der Waals surface area contributed by atoms with Crippen molar-refractivity contribution >= 4 is 45.7 Å². The summed E-state index contributed by atoms with van der Waals surface area (Å²) >= 11 is 6.48. The first-order chi connectivity index (χ1) is 17.5. The summed E-state index contributed by atoms with van der Waals surface area (Å²) in [6, 6.07) is 14.0. The van der Waals surface area contributed by atoms with Gasteiger partial charge in [-0.3, -0.25) is 9.59 Å². The van der Waals surface area contributed by atoms with Crippen LogP contribution in [0.25, 0.3) is 11.0 Å². The van der Waals surface area contributed by atoms with Crippen molar-refractivity contribution < 1.29 is 23.2 Å². The predicted octanol–water partition coefficient (Wildman–Crippen LogP) is 5.01. The Hall–Kier alpha value is -3.88. The molecule has 0 radical (unpaired) electrons. The van der Waals surface area contributed by atoms with E-state index in [9.17, 15) is 9.59 Å². The van der Waals surface area contributed by atoms with E-state index in [-0.39, 0.29) is 21.9 Å². The molecule has 1 aliphatic heterocycles. The zero-order valence-electron chi connectivity index (χ0n) is 20.9. The monoisotopic (exact) mass is 479 g/mol. The highest BCUT2D eigenvalue weighted by atomic mass is 35.5. The quantitative estimate of drug-likeness (QED) is 0.336. The number of pyridine rings is 1. The summed E-state index contributed by atoms with van der Waals surface area (Å²) in [5.74, 6) is 0.230. The summed E-state index contributed by atoms with van der Waals surface area (Å²) in [5.41, 5.74) is 0.238. The van der Waals surface area contributed by atoms with Gasteiger partial charge < -0.3 is 25.1 Å². The van der Waals surface area contributed by atoms with Crippen molar-refractivity contribution in [2.75, 3.05) is 24.3 Å². The van der Waals surface area contributed by atoms with Gasteiger partial charge in [0, 0.05) is 24.9 Å². The Morgan fingerprint density at radius 2 is 2.00 bits per heavy atom. The lowest BCUT2D eigenvalue weighted by Gasteiger charge is -2.35. The summed E-state index contributed by atoms with van der Waals surface area (Å²) in [6.07, 6.45) is 2.96. The van der Waals surface area contributed by atoms with Gasteiger partial charge in [0.2, 0.25) is 0 Å². The second-order valence-electron chi connectivity index (χ2n) is 8.06. The molecule has 0 fully saturated rings. The van der Waals surface area contributed by atoms with Gasteiger partial charge in [0.25, 0.3) is 5.91 Å². The topological polar surface area (TPSA) is 105 Å². The van der Waals surface area contributed by atoms with E-state index in [0.29, 0.717) is 33.9 Å². The number of anilines is 2. The Kier molecular flexibility index (Phi) is 4.62. The number of ether oxygens (including phenoxy) is 2. The van der Waals surface area contributed by atoms with Gasteiger partial charge in [0.05, 0.1) is 44.3 Å². The van der Waals surface area contributed by atoms with Crippen LogP contribution in [0.15, 0.2) is 60.9 Å². The maximum Gasteiger partial charge on any atom is 0.252 e. The molecule has 0 unspecified atom stereocenters. The summed E-state index contributed by atoms with van der Waals surface area (Å²) < 4.78 is 32.6. The fourth-order valence-corrected chi connectivity index (χ4v) is 4.11. The van der Waals surface area contributed by atoms with Crippen molar-refractivity contribution in [1.29, 1.82) is 0 Å². The average Bonchev–Trinajstić information content (AvgIpc) is 3.28. The molecule has 0 spiro atoms. The first kappa shape index (κ1) is 18.5. The Bertz CT molecular complexity index is 1520. The third-order valence-electron chi connectivity index (χ3n) is 5.62. The van der Waals surface area contributed by atoms with Crippen LogP contribution in [-0.2, 0) is 9.53 Å². The van der Waals surface area contributed by atoms with Gasteiger partial charge in [-0.1, -0.05) is 29.8 Å². The number of hydrogen-bond donors (Lipinski definition) is 3. The van der Waals surface area contributed by atoms with Crippen LogP contribution in [0.3, 0.4) is 0 Å². The van der Waals surface area contributed by atoms with Crippen LogP contribution < -0.4 is 15.4 Å². The van der Waals surface area contributed by atoms with Crippen molar-refractivity contribution in [1.82, 2.24) is 9.97 Å². The number of carbonyl (C=O) groups excluding carboxylic acids is 2. The van der Waals surface area contributed by atoms with E-state index in [0.717, 1.165) is 0 Å². The zero-order chi connectivity index (χ0) is 26.4. The SMILES string of the molecule is [2H]C([2H])([2H])OC[C@]1(C)Nc2c(cnc3[nH]cc(C(=O)c4ccc(Oc5ccccc5)cc4Cl)c23)NC1=O. The minimum atomic E-state index is -2.68. The third-order valence-corrected chi connectivity index (χ3v) is 5.93. The number of amides is 1. The minimum Gasteiger partial charge on any atom is -0.457 e. The summed E-state index contributed by atoms with van der Waals surface area (Å²) in [6.45, 7) is 1.08. The number of H-pyrrole nitrogens is 1. The first-order valence-corrected chi connectivity index (χ1v) is 10.7. The molecule has 8 nitrogen and oxygen atoms in total. The molecule has 1 amide bonds. The minimum absolute atomic E-state index is 0.197. The fraction of sp³-hybridized carbons (Fsp3) is 0.160. The molecule has 34 heavy (non-hydrogen) atoms. The maximum atomic E-state index is 13.6. The molecule has 2 aromatic carbocycles. The Balaban J connectivity index is 1.49.